The number of amides is 1. The van der Waals surface area contributed by atoms with Crippen molar-refractivity contribution in [2.45, 2.75) is 117 Å². The molecule has 1 saturated carbocycles. The van der Waals surface area contributed by atoms with Gasteiger partial charge in [0.25, 0.3) is 11.7 Å². The molecule has 5 bridgehead atoms. The molecule has 1 saturated heterocycles. The molecular weight excluding hydrogens is 829 g/mol. The number of fused-ring (bicyclic) bond motifs is 14. The van der Waals surface area contributed by atoms with E-state index in [9.17, 15) is 45.1 Å². The Balaban J connectivity index is 1.48. The van der Waals surface area contributed by atoms with Crippen molar-refractivity contribution in [2.75, 3.05) is 38.6 Å². The van der Waals surface area contributed by atoms with Gasteiger partial charge in [-0.25, -0.2) is 0 Å². The third-order valence-corrected chi connectivity index (χ3v) is 13.8. The van der Waals surface area contributed by atoms with Crippen molar-refractivity contribution in [2.24, 2.45) is 28.8 Å². The normalized spacial score (nSPS) is 30.8. The molecule has 2 fully saturated rings. The van der Waals surface area contributed by atoms with Crippen LogP contribution in [0.3, 0.4) is 0 Å². The average molecular weight is 893 g/mol. The number of benzene rings is 2. The molecule has 0 spiro atoms. The molecule has 9 atom stereocenters. The Kier molecular flexibility index (Phi) is 14.4. The number of ketones is 1. The molecule has 0 unspecified atom stereocenters. The molecular formula is C47H64N4O13. The number of hydroxylamine groups is 3. The van der Waals surface area contributed by atoms with Crippen LogP contribution in [0.4, 0.5) is 5.69 Å². The number of hydrogen-bond acceptors (Lipinski definition) is 15. The van der Waals surface area contributed by atoms with Gasteiger partial charge in [0, 0.05) is 61.2 Å². The number of esters is 1. The van der Waals surface area contributed by atoms with Crippen LogP contribution >= 0.6 is 0 Å². The molecule has 2 aromatic carbocycles. The Morgan fingerprint density at radius 3 is 2.25 bits per heavy atom. The summed E-state index contributed by atoms with van der Waals surface area (Å²) >= 11 is 0. The van der Waals surface area contributed by atoms with E-state index < -0.39 is 88.8 Å². The second kappa shape index (κ2) is 19.1. The highest BCUT2D eigenvalue weighted by molar-refractivity contribution is 6.23. The monoisotopic (exact) mass is 892 g/mol. The van der Waals surface area contributed by atoms with E-state index in [0.717, 1.165) is 25.7 Å². The first-order chi connectivity index (χ1) is 30.1. The predicted molar refractivity (Wildman–Crippen MR) is 239 cm³/mol. The minimum Gasteiger partial charge on any atom is -0.632 e. The van der Waals surface area contributed by atoms with Crippen LogP contribution in [0.25, 0.3) is 10.8 Å². The van der Waals surface area contributed by atoms with Crippen LogP contribution in [-0.4, -0.2) is 129 Å². The highest BCUT2D eigenvalue weighted by Gasteiger charge is 2.50. The van der Waals surface area contributed by atoms with Crippen molar-refractivity contribution in [3.05, 3.63) is 58.0 Å². The molecule has 2 aromatic rings. The highest BCUT2D eigenvalue weighted by Crippen LogP contribution is 2.55. The molecule has 17 nitrogen and oxygen atoms in total. The number of methoxy groups -OCH3 is 1. The van der Waals surface area contributed by atoms with E-state index in [-0.39, 0.29) is 55.2 Å². The number of quaternary nitrogens is 1. The zero-order chi connectivity index (χ0) is 47.0. The summed E-state index contributed by atoms with van der Waals surface area (Å²) in [6.45, 7) is 13.7. The van der Waals surface area contributed by atoms with Crippen LogP contribution in [0.5, 0.6) is 23.0 Å². The number of anilines is 1. The molecule has 5 aliphatic rings. The minimum atomic E-state index is -2.07. The van der Waals surface area contributed by atoms with Gasteiger partial charge >= 0.3 is 11.8 Å². The summed E-state index contributed by atoms with van der Waals surface area (Å²) in [7, 11) is 1.43. The molecule has 0 aromatic heterocycles. The number of aliphatic hydroxyl groups is 2. The van der Waals surface area contributed by atoms with Crippen LogP contribution in [0, 0.1) is 35.8 Å². The molecule has 17 heteroatoms. The largest absolute Gasteiger partial charge is 0.632 e. The smallest absolute Gasteiger partial charge is 0.312 e. The quantitative estimate of drug-likeness (QED) is 0.0531. The maximum Gasteiger partial charge on any atom is 0.312 e. The molecule has 1 amide bonds. The zero-order valence-corrected chi connectivity index (χ0v) is 38.2. The van der Waals surface area contributed by atoms with Gasteiger partial charge in [0.2, 0.25) is 0 Å². The van der Waals surface area contributed by atoms with E-state index in [4.69, 9.17) is 18.9 Å². The number of carbonyl (C=O) groups is 3. The lowest BCUT2D eigenvalue weighted by atomic mass is 9.78. The van der Waals surface area contributed by atoms with Gasteiger partial charge in [0.15, 0.2) is 5.75 Å². The SMILES string of the molecule is CO[C@H]1C=CO[C@@]2(C)Oc3c(C)c(O)c4c(O)c(c(C=NN5CC[N+]([O-])(C6CCCC6)CC5)c(O)c4c3C2=O)NC(=O)C(C)=CC=C[C@H](C)[C@H](O)[C@@H](C)[C@@H](O)[C@@H](C)[C@H](OC(C)=O)[C@@H]1C. The highest BCUT2D eigenvalue weighted by atomic mass is 16.7. The molecule has 4 aliphatic heterocycles. The third-order valence-electron chi connectivity index (χ3n) is 13.8. The first kappa shape index (κ1) is 48.3. The van der Waals surface area contributed by atoms with Gasteiger partial charge in [-0.2, -0.15) is 5.10 Å². The predicted octanol–water partition coefficient (Wildman–Crippen LogP) is 5.66. The maximum absolute atomic E-state index is 14.5. The average Bonchev–Trinajstić information content (AvgIpc) is 3.91. The summed E-state index contributed by atoms with van der Waals surface area (Å²) in [5.74, 6) is -8.63. The number of hydrazone groups is 1. The Morgan fingerprint density at radius 1 is 0.969 bits per heavy atom. The van der Waals surface area contributed by atoms with Crippen molar-refractivity contribution in [3.63, 3.8) is 0 Å². The fourth-order valence-corrected chi connectivity index (χ4v) is 9.66. The number of Topliss-reactive ketones (excluding diaryl/α,β-unsaturated/α-hetero) is 1. The third kappa shape index (κ3) is 9.18. The summed E-state index contributed by atoms with van der Waals surface area (Å²) in [6, 6.07) is 0.0489. The number of ether oxygens (including phenoxy) is 4. The van der Waals surface area contributed by atoms with E-state index in [2.05, 4.69) is 10.4 Å². The summed E-state index contributed by atoms with van der Waals surface area (Å²) in [5, 5.41) is 80.8. The number of piperazine rings is 1. The van der Waals surface area contributed by atoms with Crippen LogP contribution in [0.2, 0.25) is 0 Å². The molecule has 64 heavy (non-hydrogen) atoms. The number of nitrogens with one attached hydrogen (secondary N) is 1. The molecule has 1 aliphatic carbocycles. The zero-order valence-electron chi connectivity index (χ0n) is 38.2. The Hall–Kier alpha value is -5.20. The fraction of sp³-hybridized carbons (Fsp3) is 0.574. The van der Waals surface area contributed by atoms with Crippen LogP contribution in [0.15, 0.2) is 41.2 Å². The number of carbonyl (C=O) groups excluding carboxylic acids is 3. The summed E-state index contributed by atoms with van der Waals surface area (Å²) < 4.78 is 23.4. The van der Waals surface area contributed by atoms with Gasteiger partial charge in [0.05, 0.1) is 85.2 Å². The van der Waals surface area contributed by atoms with Gasteiger partial charge in [-0.05, 0) is 45.6 Å². The van der Waals surface area contributed by atoms with Gasteiger partial charge in [-0.1, -0.05) is 45.9 Å². The molecule has 7 rings (SSSR count). The van der Waals surface area contributed by atoms with E-state index in [1.807, 2.05) is 0 Å². The van der Waals surface area contributed by atoms with Crippen molar-refractivity contribution >= 4 is 40.3 Å². The van der Waals surface area contributed by atoms with E-state index in [0.29, 0.717) is 26.2 Å². The number of rotatable bonds is 5. The van der Waals surface area contributed by atoms with Crippen LogP contribution in [0.1, 0.15) is 95.6 Å². The summed E-state index contributed by atoms with van der Waals surface area (Å²) in [4.78, 5) is 40.8. The van der Waals surface area contributed by atoms with Gasteiger partial charge in [-0.15, -0.1) is 0 Å². The number of hydrogen-bond donors (Lipinski definition) is 6. The second-order valence-corrected chi connectivity index (χ2v) is 18.2. The van der Waals surface area contributed by atoms with Crippen molar-refractivity contribution in [1.82, 2.24) is 5.01 Å². The number of phenols is 3. The molecule has 0 radical (unpaired) electrons. The number of allylic oxidation sites excluding steroid dienone is 2. The summed E-state index contributed by atoms with van der Waals surface area (Å²) in [6.07, 6.45) is 8.54. The van der Waals surface area contributed by atoms with Crippen molar-refractivity contribution < 1.29 is 63.5 Å². The Morgan fingerprint density at radius 2 is 1.62 bits per heavy atom. The number of nitrogens with zero attached hydrogens (tertiary/aromatic N) is 3. The van der Waals surface area contributed by atoms with E-state index in [1.54, 1.807) is 44.9 Å². The fourth-order valence-electron chi connectivity index (χ4n) is 9.66. The maximum atomic E-state index is 14.5. The lowest BCUT2D eigenvalue weighted by Gasteiger charge is -2.51. The number of phenolic OH excluding ortho intramolecular Hbond substituents is 3. The molecule has 350 valence electrons. The van der Waals surface area contributed by atoms with Crippen LogP contribution in [-0.2, 0) is 23.8 Å². The van der Waals surface area contributed by atoms with Crippen LogP contribution < -0.4 is 10.1 Å². The number of aliphatic hydroxyl groups excluding tert-OH is 2. The van der Waals surface area contributed by atoms with E-state index >= 15 is 0 Å². The lowest BCUT2D eigenvalue weighted by Crippen LogP contribution is -2.59. The molecule has 4 heterocycles. The Labute approximate surface area is 373 Å². The Bertz CT molecular complexity index is 2240. The first-order valence-corrected chi connectivity index (χ1v) is 22.1. The van der Waals surface area contributed by atoms with E-state index in [1.165, 1.54) is 59.4 Å². The van der Waals surface area contributed by atoms with Gasteiger partial charge < -0.3 is 59.7 Å². The topological polar surface area (TPSA) is 240 Å². The minimum absolute atomic E-state index is 0.0350. The van der Waals surface area contributed by atoms with Crippen molar-refractivity contribution in [3.8, 4) is 23.0 Å². The van der Waals surface area contributed by atoms with Crippen molar-refractivity contribution in [1.29, 1.82) is 0 Å². The first-order valence-electron chi connectivity index (χ1n) is 22.1. The summed E-state index contributed by atoms with van der Waals surface area (Å²) in [5.41, 5.74) is -0.524. The molecule has 6 N–H and O–H groups in total. The number of aromatic hydroxyl groups is 3. The second-order valence-electron chi connectivity index (χ2n) is 18.2. The standard InChI is InChI=1S/C47H64N4O13/c1-24-13-12-14-25(2)46(59)49-37-32(23-48-50-18-20-51(60,21-19-50)31-15-10-11-16-31)41(56)34-35(42(37)57)40(55)29(6)44-36(34)45(58)47(8,64-44)62-22-17-33(61-9)26(3)43(63-30(7)52)28(5)39(54)27(4)38(24)53/h12-14,17,22-24,26-28,31,33,38-39,43,53-57H,10-11,15-16,18-21H2,1-9H3,(H,49,59)/t24-,26+,27+,28+,33-,38-,39+,43+,47-/m0/s1. The van der Waals surface area contributed by atoms with Gasteiger partial charge in [-0.3, -0.25) is 19.4 Å². The lowest BCUT2D eigenvalue weighted by molar-refractivity contribution is -0.909. The van der Waals surface area contributed by atoms with Gasteiger partial charge in [0.1, 0.15) is 23.4 Å².